The lowest BCUT2D eigenvalue weighted by molar-refractivity contribution is -0.208. The van der Waals surface area contributed by atoms with E-state index in [-0.39, 0.29) is 0 Å². The summed E-state index contributed by atoms with van der Waals surface area (Å²) in [4.78, 5) is 0. The molecule has 0 saturated carbocycles. The molecule has 0 fully saturated rings. The second-order valence-corrected chi connectivity index (χ2v) is 4.27. The predicted molar refractivity (Wildman–Crippen MR) is 61.3 cm³/mol. The number of rotatable bonds is 3. The van der Waals surface area contributed by atoms with Crippen LogP contribution in [0.4, 0.5) is 13.2 Å². The fourth-order valence-electron chi connectivity index (χ4n) is 1.68. The average molecular weight is 271 g/mol. The number of hydrogen-bond donors (Lipinski definition) is 1. The van der Waals surface area contributed by atoms with Gasteiger partial charge in [-0.25, -0.2) is 4.68 Å². The molecule has 4 nitrogen and oxygen atoms in total. The Morgan fingerprint density at radius 1 is 1.37 bits per heavy atom. The van der Waals surface area contributed by atoms with Crippen LogP contribution in [0.5, 0.6) is 0 Å². The Hall–Kier alpha value is -1.89. The SMILES string of the molecule is Cc1cccc(Cn2cc(C(O)C(F)(F)F)nn2)c1. The number of benzene rings is 1. The Labute approximate surface area is 107 Å². The molecule has 7 heteroatoms. The molecule has 1 atom stereocenters. The molecular weight excluding hydrogens is 259 g/mol. The van der Waals surface area contributed by atoms with Crippen LogP contribution in [0.15, 0.2) is 30.5 Å². The first-order valence-corrected chi connectivity index (χ1v) is 5.56. The smallest absolute Gasteiger partial charge is 0.378 e. The van der Waals surface area contributed by atoms with Crippen molar-refractivity contribution in [3.8, 4) is 0 Å². The van der Waals surface area contributed by atoms with Gasteiger partial charge in [0.05, 0.1) is 12.7 Å². The molecule has 0 aliphatic heterocycles. The first-order valence-electron chi connectivity index (χ1n) is 5.56. The Bertz CT molecular complexity index is 565. The molecule has 2 rings (SSSR count). The van der Waals surface area contributed by atoms with Crippen LogP contribution in [0, 0.1) is 6.92 Å². The van der Waals surface area contributed by atoms with Crippen LogP contribution in [-0.2, 0) is 6.54 Å². The second-order valence-electron chi connectivity index (χ2n) is 4.27. The number of alkyl halides is 3. The highest BCUT2D eigenvalue weighted by molar-refractivity contribution is 5.22. The van der Waals surface area contributed by atoms with Gasteiger partial charge >= 0.3 is 6.18 Å². The monoisotopic (exact) mass is 271 g/mol. The lowest BCUT2D eigenvalue weighted by atomic mass is 10.1. The van der Waals surface area contributed by atoms with E-state index in [0.717, 1.165) is 17.3 Å². The topological polar surface area (TPSA) is 50.9 Å². The maximum absolute atomic E-state index is 12.3. The molecule has 2 aromatic rings. The average Bonchev–Trinajstić information content (AvgIpc) is 2.75. The number of aliphatic hydroxyl groups is 1. The molecule has 0 amide bonds. The number of aliphatic hydroxyl groups excluding tert-OH is 1. The van der Waals surface area contributed by atoms with Gasteiger partial charge in [-0.05, 0) is 12.5 Å². The highest BCUT2D eigenvalue weighted by Gasteiger charge is 2.41. The van der Waals surface area contributed by atoms with Crippen molar-refractivity contribution in [3.63, 3.8) is 0 Å². The summed E-state index contributed by atoms with van der Waals surface area (Å²) in [6.45, 7) is 2.23. The molecule has 0 aliphatic carbocycles. The molecule has 0 spiro atoms. The third-order valence-electron chi connectivity index (χ3n) is 2.57. The molecule has 19 heavy (non-hydrogen) atoms. The van der Waals surface area contributed by atoms with E-state index in [4.69, 9.17) is 5.11 Å². The molecule has 1 N–H and O–H groups in total. The van der Waals surface area contributed by atoms with Crippen molar-refractivity contribution in [2.24, 2.45) is 0 Å². The van der Waals surface area contributed by atoms with Crippen molar-refractivity contribution >= 4 is 0 Å². The van der Waals surface area contributed by atoms with Gasteiger partial charge in [-0.15, -0.1) is 5.10 Å². The zero-order chi connectivity index (χ0) is 14.0. The summed E-state index contributed by atoms with van der Waals surface area (Å²) in [5.74, 6) is 0. The molecule has 1 aromatic carbocycles. The standard InChI is InChI=1S/C12H12F3N3O/c1-8-3-2-4-9(5-8)6-18-7-10(16-17-18)11(19)12(13,14)15/h2-5,7,11,19H,6H2,1H3. The zero-order valence-corrected chi connectivity index (χ0v) is 10.1. The summed E-state index contributed by atoms with van der Waals surface area (Å²) < 4.78 is 38.2. The summed E-state index contributed by atoms with van der Waals surface area (Å²) in [6, 6.07) is 7.52. The minimum atomic E-state index is -4.73. The molecule has 0 bridgehead atoms. The van der Waals surface area contributed by atoms with Gasteiger partial charge in [0.25, 0.3) is 0 Å². The quantitative estimate of drug-likeness (QED) is 0.931. The summed E-state index contributed by atoms with van der Waals surface area (Å²) in [7, 11) is 0. The zero-order valence-electron chi connectivity index (χ0n) is 10.1. The highest BCUT2D eigenvalue weighted by Crippen LogP contribution is 2.30. The van der Waals surface area contributed by atoms with Gasteiger partial charge in [-0.3, -0.25) is 0 Å². The van der Waals surface area contributed by atoms with E-state index < -0.39 is 18.0 Å². The first-order chi connectivity index (χ1) is 8.86. The highest BCUT2D eigenvalue weighted by atomic mass is 19.4. The lowest BCUT2D eigenvalue weighted by Gasteiger charge is -2.10. The Morgan fingerprint density at radius 3 is 2.74 bits per heavy atom. The summed E-state index contributed by atoms with van der Waals surface area (Å²) in [6.07, 6.45) is -6.23. The maximum atomic E-state index is 12.3. The van der Waals surface area contributed by atoms with Crippen molar-refractivity contribution < 1.29 is 18.3 Å². The van der Waals surface area contributed by atoms with Crippen LogP contribution in [0.25, 0.3) is 0 Å². The van der Waals surface area contributed by atoms with E-state index in [1.54, 1.807) is 0 Å². The first kappa shape index (κ1) is 13.5. The Kier molecular flexibility index (Phi) is 3.57. The fraction of sp³-hybridized carbons (Fsp3) is 0.333. The van der Waals surface area contributed by atoms with Gasteiger partial charge in [0.15, 0.2) is 6.10 Å². The van der Waals surface area contributed by atoms with Crippen LogP contribution < -0.4 is 0 Å². The minimum absolute atomic E-state index is 0.305. The second kappa shape index (κ2) is 5.00. The van der Waals surface area contributed by atoms with Gasteiger partial charge in [0.1, 0.15) is 5.69 Å². The van der Waals surface area contributed by atoms with Gasteiger partial charge in [0.2, 0.25) is 0 Å². The molecular formula is C12H12F3N3O. The van der Waals surface area contributed by atoms with Gasteiger partial charge in [-0.2, -0.15) is 13.2 Å². The largest absolute Gasteiger partial charge is 0.420 e. The predicted octanol–water partition coefficient (Wildman–Crippen LogP) is 2.23. The number of aromatic nitrogens is 3. The van der Waals surface area contributed by atoms with E-state index in [0.29, 0.717) is 6.54 Å². The number of nitrogens with zero attached hydrogens (tertiary/aromatic N) is 3. The van der Waals surface area contributed by atoms with Crippen molar-refractivity contribution in [1.29, 1.82) is 0 Å². The number of halogens is 3. The number of hydrogen-bond acceptors (Lipinski definition) is 3. The van der Waals surface area contributed by atoms with E-state index in [1.807, 2.05) is 31.2 Å². The molecule has 1 aromatic heterocycles. The molecule has 0 radical (unpaired) electrons. The van der Waals surface area contributed by atoms with Crippen LogP contribution in [0.1, 0.15) is 22.9 Å². The van der Waals surface area contributed by atoms with Crippen molar-refractivity contribution in [2.75, 3.05) is 0 Å². The third kappa shape index (κ3) is 3.31. The van der Waals surface area contributed by atoms with Gasteiger partial charge in [-0.1, -0.05) is 35.0 Å². The van der Waals surface area contributed by atoms with Crippen molar-refractivity contribution in [2.45, 2.75) is 25.7 Å². The number of aryl methyl sites for hydroxylation is 1. The van der Waals surface area contributed by atoms with Crippen LogP contribution >= 0.6 is 0 Å². The Morgan fingerprint density at radius 2 is 2.11 bits per heavy atom. The maximum Gasteiger partial charge on any atom is 0.420 e. The molecule has 1 heterocycles. The van der Waals surface area contributed by atoms with Crippen molar-refractivity contribution in [1.82, 2.24) is 15.0 Å². The van der Waals surface area contributed by atoms with E-state index in [2.05, 4.69) is 10.3 Å². The van der Waals surface area contributed by atoms with E-state index in [9.17, 15) is 13.2 Å². The van der Waals surface area contributed by atoms with Crippen LogP contribution in [-0.4, -0.2) is 26.3 Å². The Balaban J connectivity index is 2.14. The normalized spacial score (nSPS) is 13.5. The summed E-state index contributed by atoms with van der Waals surface area (Å²) >= 11 is 0. The van der Waals surface area contributed by atoms with Gasteiger partial charge < -0.3 is 5.11 Å². The fourth-order valence-corrected chi connectivity index (χ4v) is 1.68. The summed E-state index contributed by atoms with van der Waals surface area (Å²) in [5.41, 5.74) is 1.45. The molecule has 0 aliphatic rings. The molecule has 1 unspecified atom stereocenters. The minimum Gasteiger partial charge on any atom is -0.378 e. The third-order valence-corrected chi connectivity index (χ3v) is 2.57. The molecule has 0 saturated heterocycles. The van der Waals surface area contributed by atoms with Crippen LogP contribution in [0.2, 0.25) is 0 Å². The molecule has 102 valence electrons. The van der Waals surface area contributed by atoms with E-state index in [1.165, 1.54) is 4.68 Å². The summed E-state index contributed by atoms with van der Waals surface area (Å²) in [5, 5.41) is 16.0. The van der Waals surface area contributed by atoms with Crippen LogP contribution in [0.3, 0.4) is 0 Å². The van der Waals surface area contributed by atoms with E-state index >= 15 is 0 Å². The van der Waals surface area contributed by atoms with Crippen molar-refractivity contribution in [3.05, 3.63) is 47.3 Å². The lowest BCUT2D eigenvalue weighted by Crippen LogP contribution is -2.20. The van der Waals surface area contributed by atoms with Gasteiger partial charge in [0, 0.05) is 0 Å².